The summed E-state index contributed by atoms with van der Waals surface area (Å²) in [6.07, 6.45) is 3.33. The van der Waals surface area contributed by atoms with Crippen LogP contribution in [0.15, 0.2) is 23.3 Å². The highest BCUT2D eigenvalue weighted by atomic mass is 16.7. The normalized spacial score (nSPS) is 53.3. The SMILES string of the molecule is CO[C@@H]1[C@@H](O)[C@H](C)O[C@@H](O[C@@H]2C=C3CC[C@@H]4[C@H](CC[C@]5(C)[C@@H](C6=CC(=O)OC6)CC[C@]45O)[C@@]3(C)[C@H](O)C2)[C@@H]1O. The Bertz CT molecular complexity index is 1060. The fourth-order valence-corrected chi connectivity index (χ4v) is 9.56. The molecule has 0 spiro atoms. The van der Waals surface area contributed by atoms with Crippen LogP contribution in [0.5, 0.6) is 0 Å². The number of carbonyl (C=O) groups is 1. The van der Waals surface area contributed by atoms with Crippen LogP contribution in [-0.2, 0) is 23.7 Å². The van der Waals surface area contributed by atoms with Crippen molar-refractivity contribution in [3.8, 4) is 0 Å². The Kier molecular flexibility index (Phi) is 6.86. The first kappa shape index (κ1) is 27.8. The minimum Gasteiger partial charge on any atom is -0.458 e. The van der Waals surface area contributed by atoms with E-state index >= 15 is 0 Å². The maximum absolute atomic E-state index is 12.4. The number of hydrogen-bond acceptors (Lipinski definition) is 9. The van der Waals surface area contributed by atoms with Crippen LogP contribution in [0.4, 0.5) is 0 Å². The summed E-state index contributed by atoms with van der Waals surface area (Å²) in [5.74, 6) is 0.0366. The van der Waals surface area contributed by atoms with Gasteiger partial charge in [-0.3, -0.25) is 0 Å². The molecular weight excluding hydrogens is 504 g/mol. The van der Waals surface area contributed by atoms with Gasteiger partial charge >= 0.3 is 5.97 Å². The molecule has 6 aliphatic rings. The summed E-state index contributed by atoms with van der Waals surface area (Å²) in [6, 6.07) is 0. The molecule has 9 nitrogen and oxygen atoms in total. The van der Waals surface area contributed by atoms with Crippen molar-refractivity contribution in [2.24, 2.45) is 28.6 Å². The summed E-state index contributed by atoms with van der Waals surface area (Å²) in [7, 11) is 1.44. The first-order valence-corrected chi connectivity index (χ1v) is 14.6. The number of esters is 1. The standard InChI is InChI=1S/C30H44O9/c1-15-24(33)26(36-4)25(34)27(38-15)39-18-12-17-5-6-21-20(29(17,3)22(31)13-18)7-9-28(2)19(8-10-30(21,28)35)16-11-23(32)37-14-16/h11-12,15,18-22,24-27,31,33-35H,5-10,13-14H2,1-4H3/t15-,18+,19+,20-,21+,22+,24-,25+,26+,27-,28+,29-,30-/m0/s1. The van der Waals surface area contributed by atoms with Crippen molar-refractivity contribution in [2.75, 3.05) is 13.7 Å². The fraction of sp³-hybridized carbons (Fsp3) is 0.833. The van der Waals surface area contributed by atoms with Crippen LogP contribution in [0.25, 0.3) is 0 Å². The molecule has 0 aromatic heterocycles. The maximum atomic E-state index is 12.4. The zero-order valence-corrected chi connectivity index (χ0v) is 23.4. The van der Waals surface area contributed by atoms with Gasteiger partial charge in [0, 0.05) is 30.4 Å². The lowest BCUT2D eigenvalue weighted by molar-refractivity contribution is -0.306. The summed E-state index contributed by atoms with van der Waals surface area (Å²) in [5, 5.41) is 45.1. The average Bonchev–Trinajstić information content (AvgIpc) is 3.43. The largest absolute Gasteiger partial charge is 0.458 e. The molecule has 13 atom stereocenters. The predicted molar refractivity (Wildman–Crippen MR) is 139 cm³/mol. The summed E-state index contributed by atoms with van der Waals surface area (Å²) in [6.45, 7) is 6.39. The molecule has 4 aliphatic carbocycles. The van der Waals surface area contributed by atoms with E-state index in [1.165, 1.54) is 7.11 Å². The lowest BCUT2D eigenvalue weighted by Crippen LogP contribution is -2.63. The first-order valence-electron chi connectivity index (χ1n) is 14.6. The second-order valence-corrected chi connectivity index (χ2v) is 13.3. The molecule has 0 aromatic carbocycles. The number of rotatable bonds is 4. The third-order valence-electron chi connectivity index (χ3n) is 11.9. The second-order valence-electron chi connectivity index (χ2n) is 13.3. The Hall–Kier alpha value is -1.33. The minimum atomic E-state index is -1.16. The van der Waals surface area contributed by atoms with E-state index in [1.54, 1.807) is 13.0 Å². The fourth-order valence-electron chi connectivity index (χ4n) is 9.56. The lowest BCUT2D eigenvalue weighted by atomic mass is 9.44. The number of hydrogen-bond donors (Lipinski definition) is 4. The highest BCUT2D eigenvalue weighted by Crippen LogP contribution is 2.69. The number of ether oxygens (including phenoxy) is 4. The van der Waals surface area contributed by atoms with Crippen LogP contribution >= 0.6 is 0 Å². The van der Waals surface area contributed by atoms with Crippen LogP contribution in [0.1, 0.15) is 65.7 Å². The number of aliphatic hydroxyl groups is 4. The second kappa shape index (κ2) is 9.61. The molecule has 2 aliphatic heterocycles. The Morgan fingerprint density at radius 1 is 1.05 bits per heavy atom. The van der Waals surface area contributed by atoms with Crippen LogP contribution in [0.2, 0.25) is 0 Å². The highest BCUT2D eigenvalue weighted by molar-refractivity contribution is 5.85. The zero-order valence-electron chi connectivity index (χ0n) is 23.4. The number of methoxy groups -OCH3 is 1. The van der Waals surface area contributed by atoms with Crippen molar-refractivity contribution in [2.45, 2.75) is 114 Å². The van der Waals surface area contributed by atoms with Gasteiger partial charge in [0.15, 0.2) is 6.29 Å². The third-order valence-corrected chi connectivity index (χ3v) is 11.9. The Labute approximate surface area is 230 Å². The van der Waals surface area contributed by atoms with Gasteiger partial charge in [-0.1, -0.05) is 25.5 Å². The molecule has 3 saturated carbocycles. The Morgan fingerprint density at radius 3 is 2.51 bits per heavy atom. The first-order chi connectivity index (χ1) is 18.4. The van der Waals surface area contributed by atoms with Gasteiger partial charge in [-0.05, 0) is 68.8 Å². The van der Waals surface area contributed by atoms with Gasteiger partial charge in [0.1, 0.15) is 24.9 Å². The monoisotopic (exact) mass is 548 g/mol. The van der Waals surface area contributed by atoms with E-state index in [2.05, 4.69) is 19.9 Å². The molecule has 1 saturated heterocycles. The zero-order chi connectivity index (χ0) is 27.9. The summed E-state index contributed by atoms with van der Waals surface area (Å²) >= 11 is 0. The van der Waals surface area contributed by atoms with E-state index in [4.69, 9.17) is 18.9 Å². The molecule has 9 heteroatoms. The smallest absolute Gasteiger partial charge is 0.331 e. The lowest BCUT2D eigenvalue weighted by Gasteiger charge is -2.62. The van der Waals surface area contributed by atoms with Crippen molar-refractivity contribution in [3.05, 3.63) is 23.3 Å². The quantitative estimate of drug-likeness (QED) is 0.307. The number of aliphatic hydroxyl groups excluding tert-OH is 3. The number of fused-ring (bicyclic) bond motifs is 5. The molecule has 0 radical (unpaired) electrons. The molecule has 0 aromatic rings. The maximum Gasteiger partial charge on any atom is 0.331 e. The Morgan fingerprint density at radius 2 is 1.82 bits per heavy atom. The van der Waals surface area contributed by atoms with Crippen molar-refractivity contribution in [1.82, 2.24) is 0 Å². The van der Waals surface area contributed by atoms with Crippen LogP contribution < -0.4 is 0 Å². The third kappa shape index (κ3) is 3.95. The van der Waals surface area contributed by atoms with E-state index in [-0.39, 0.29) is 29.1 Å². The van der Waals surface area contributed by atoms with Gasteiger partial charge < -0.3 is 39.4 Å². The number of carbonyl (C=O) groups excluding carboxylic acids is 1. The summed E-state index contributed by atoms with van der Waals surface area (Å²) in [5.41, 5.74) is 0.495. The van der Waals surface area contributed by atoms with Crippen molar-refractivity contribution < 1.29 is 44.2 Å². The number of cyclic esters (lactones) is 1. The molecule has 0 bridgehead atoms. The predicted octanol–water partition coefficient (Wildman–Crippen LogP) is 2.00. The van der Waals surface area contributed by atoms with Gasteiger partial charge in [-0.15, -0.1) is 0 Å². The van der Waals surface area contributed by atoms with Gasteiger partial charge in [-0.2, -0.15) is 0 Å². The molecule has 4 N–H and O–H groups in total. The van der Waals surface area contributed by atoms with Gasteiger partial charge in [-0.25, -0.2) is 4.79 Å². The minimum absolute atomic E-state index is 0.0578. The van der Waals surface area contributed by atoms with Crippen molar-refractivity contribution >= 4 is 5.97 Å². The van der Waals surface area contributed by atoms with E-state index in [9.17, 15) is 25.2 Å². The van der Waals surface area contributed by atoms with Crippen molar-refractivity contribution in [3.63, 3.8) is 0 Å². The summed E-state index contributed by atoms with van der Waals surface area (Å²) < 4.78 is 22.5. The van der Waals surface area contributed by atoms with E-state index in [0.717, 1.165) is 43.3 Å². The van der Waals surface area contributed by atoms with E-state index in [0.29, 0.717) is 19.4 Å². The highest BCUT2D eigenvalue weighted by Gasteiger charge is 2.68. The van der Waals surface area contributed by atoms with Gasteiger partial charge in [0.25, 0.3) is 0 Å². The molecule has 4 fully saturated rings. The molecule has 0 amide bonds. The molecule has 6 rings (SSSR count). The van der Waals surface area contributed by atoms with Crippen molar-refractivity contribution in [1.29, 1.82) is 0 Å². The van der Waals surface area contributed by atoms with Crippen LogP contribution in [-0.4, -0.2) is 88.6 Å². The topological polar surface area (TPSA) is 135 Å². The molecular formula is C30H44O9. The average molecular weight is 549 g/mol. The van der Waals surface area contributed by atoms with Gasteiger partial charge in [0.2, 0.25) is 0 Å². The molecule has 0 unspecified atom stereocenters. The van der Waals surface area contributed by atoms with E-state index in [1.807, 2.05) is 0 Å². The molecule has 2 heterocycles. The summed E-state index contributed by atoms with van der Waals surface area (Å²) in [4.78, 5) is 11.8. The van der Waals surface area contributed by atoms with Crippen LogP contribution in [0, 0.1) is 28.6 Å². The van der Waals surface area contributed by atoms with E-state index < -0.39 is 53.9 Å². The molecule has 218 valence electrons. The Balaban J connectivity index is 1.23. The van der Waals surface area contributed by atoms with Gasteiger partial charge in [0.05, 0.1) is 23.9 Å². The van der Waals surface area contributed by atoms with Crippen LogP contribution in [0.3, 0.4) is 0 Å². The molecule has 39 heavy (non-hydrogen) atoms.